The van der Waals surface area contributed by atoms with E-state index in [1.165, 1.54) is 17.3 Å². The third kappa shape index (κ3) is 2.74. The number of carbonyl (C=O) groups excluding carboxylic acids is 1. The van der Waals surface area contributed by atoms with Crippen molar-refractivity contribution in [3.05, 3.63) is 23.2 Å². The molecule has 0 aromatic carbocycles. The van der Waals surface area contributed by atoms with Gasteiger partial charge in [-0.2, -0.15) is 0 Å². The third-order valence-electron chi connectivity index (χ3n) is 2.47. The van der Waals surface area contributed by atoms with Gasteiger partial charge in [-0.3, -0.25) is 4.79 Å². The number of amides is 1. The molecule has 1 aromatic heterocycles. The molecule has 1 aromatic rings. The van der Waals surface area contributed by atoms with Crippen molar-refractivity contribution in [2.45, 2.75) is 6.10 Å². The van der Waals surface area contributed by atoms with Crippen LogP contribution >= 0.6 is 11.6 Å². The summed E-state index contributed by atoms with van der Waals surface area (Å²) in [7, 11) is 0. The lowest BCUT2D eigenvalue weighted by molar-refractivity contribution is -0.154. The first-order chi connectivity index (χ1) is 8.58. The molecule has 7 nitrogen and oxygen atoms in total. The Morgan fingerprint density at radius 3 is 2.83 bits per heavy atom. The van der Waals surface area contributed by atoms with Crippen LogP contribution in [-0.2, 0) is 9.53 Å². The van der Waals surface area contributed by atoms with Crippen molar-refractivity contribution in [3.8, 4) is 0 Å². The topological polar surface area (TPSA) is 92.6 Å². The second-order valence-corrected chi connectivity index (χ2v) is 4.06. The molecule has 0 saturated carbocycles. The fourth-order valence-corrected chi connectivity index (χ4v) is 1.67. The van der Waals surface area contributed by atoms with E-state index in [2.05, 4.69) is 9.97 Å². The highest BCUT2D eigenvalue weighted by Gasteiger charge is 2.29. The van der Waals surface area contributed by atoms with Gasteiger partial charge in [0, 0.05) is 6.54 Å². The van der Waals surface area contributed by atoms with Crippen LogP contribution in [0.3, 0.4) is 0 Å². The molecule has 1 unspecified atom stereocenters. The maximum atomic E-state index is 12.0. The highest BCUT2D eigenvalue weighted by molar-refractivity contribution is 6.29. The summed E-state index contributed by atoms with van der Waals surface area (Å²) < 4.78 is 5.02. The van der Waals surface area contributed by atoms with E-state index in [1.807, 2.05) is 0 Å². The van der Waals surface area contributed by atoms with Crippen LogP contribution in [0, 0.1) is 0 Å². The Balaban J connectivity index is 2.09. The minimum absolute atomic E-state index is 0.00151. The molecule has 18 heavy (non-hydrogen) atoms. The standard InChI is InChI=1S/C10H10ClN3O4/c11-8-4-12-6(3-13-8)9(15)14-1-2-18-7(5-14)10(16)17/h3-4,7H,1-2,5H2,(H,16,17). The molecular weight excluding hydrogens is 262 g/mol. The van der Waals surface area contributed by atoms with Crippen molar-refractivity contribution >= 4 is 23.5 Å². The number of morpholine rings is 1. The molecule has 8 heteroatoms. The Hall–Kier alpha value is -1.73. The first kappa shape index (κ1) is 12.7. The lowest BCUT2D eigenvalue weighted by Gasteiger charge is -2.30. The summed E-state index contributed by atoms with van der Waals surface area (Å²) in [6.07, 6.45) is 1.53. The van der Waals surface area contributed by atoms with E-state index >= 15 is 0 Å². The number of aromatic nitrogens is 2. The van der Waals surface area contributed by atoms with Gasteiger partial charge in [0.25, 0.3) is 5.91 Å². The molecule has 1 aliphatic heterocycles. The van der Waals surface area contributed by atoms with Crippen LogP contribution in [-0.4, -0.2) is 57.7 Å². The molecule has 1 fully saturated rings. The van der Waals surface area contributed by atoms with Gasteiger partial charge in [0.1, 0.15) is 10.8 Å². The average molecular weight is 272 g/mol. The van der Waals surface area contributed by atoms with Crippen molar-refractivity contribution in [3.63, 3.8) is 0 Å². The summed E-state index contributed by atoms with van der Waals surface area (Å²) in [5.74, 6) is -1.47. The highest BCUT2D eigenvalue weighted by atomic mass is 35.5. The third-order valence-corrected chi connectivity index (χ3v) is 2.66. The molecule has 1 aliphatic rings. The summed E-state index contributed by atoms with van der Waals surface area (Å²) in [6, 6.07) is 0. The number of rotatable bonds is 2. The number of carbonyl (C=O) groups is 2. The predicted molar refractivity (Wildman–Crippen MR) is 60.3 cm³/mol. The first-order valence-corrected chi connectivity index (χ1v) is 5.57. The van der Waals surface area contributed by atoms with Gasteiger partial charge in [-0.25, -0.2) is 14.8 Å². The van der Waals surface area contributed by atoms with Gasteiger partial charge in [0.05, 0.1) is 25.5 Å². The molecule has 0 aliphatic carbocycles. The first-order valence-electron chi connectivity index (χ1n) is 5.19. The monoisotopic (exact) mass is 271 g/mol. The zero-order valence-corrected chi connectivity index (χ0v) is 10.0. The lowest BCUT2D eigenvalue weighted by Crippen LogP contribution is -2.48. The van der Waals surface area contributed by atoms with E-state index in [0.29, 0.717) is 6.54 Å². The van der Waals surface area contributed by atoms with Crippen LogP contribution in [0.4, 0.5) is 0 Å². The number of hydrogen-bond acceptors (Lipinski definition) is 5. The number of aliphatic carboxylic acids is 1. The molecule has 2 rings (SSSR count). The predicted octanol–water partition coefficient (Wildman–Crippen LogP) is 0.0556. The van der Waals surface area contributed by atoms with Gasteiger partial charge < -0.3 is 14.7 Å². The largest absolute Gasteiger partial charge is 0.479 e. The van der Waals surface area contributed by atoms with Crippen molar-refractivity contribution in [2.75, 3.05) is 19.7 Å². The molecule has 96 valence electrons. The van der Waals surface area contributed by atoms with Crippen LogP contribution in [0.1, 0.15) is 10.5 Å². The molecule has 0 radical (unpaired) electrons. The fraction of sp³-hybridized carbons (Fsp3) is 0.400. The number of nitrogens with zero attached hydrogens (tertiary/aromatic N) is 3. The number of carboxylic acids is 1. The van der Waals surface area contributed by atoms with Crippen molar-refractivity contribution < 1.29 is 19.4 Å². The van der Waals surface area contributed by atoms with E-state index in [9.17, 15) is 9.59 Å². The molecule has 2 heterocycles. The highest BCUT2D eigenvalue weighted by Crippen LogP contribution is 2.10. The van der Waals surface area contributed by atoms with E-state index in [-0.39, 0.29) is 29.9 Å². The summed E-state index contributed by atoms with van der Waals surface area (Å²) in [5.41, 5.74) is 0.130. The van der Waals surface area contributed by atoms with E-state index in [1.54, 1.807) is 0 Å². The Morgan fingerprint density at radius 1 is 1.44 bits per heavy atom. The van der Waals surface area contributed by atoms with Gasteiger partial charge >= 0.3 is 5.97 Å². The number of halogens is 1. The molecule has 1 saturated heterocycles. The Bertz CT molecular complexity index is 465. The minimum atomic E-state index is -1.09. The van der Waals surface area contributed by atoms with Gasteiger partial charge in [-0.1, -0.05) is 11.6 Å². The quantitative estimate of drug-likeness (QED) is 0.817. The van der Waals surface area contributed by atoms with Crippen LogP contribution in [0.2, 0.25) is 5.15 Å². The van der Waals surface area contributed by atoms with Gasteiger partial charge in [0.15, 0.2) is 6.10 Å². The van der Waals surface area contributed by atoms with Gasteiger partial charge in [-0.05, 0) is 0 Å². The maximum absolute atomic E-state index is 12.0. The smallest absolute Gasteiger partial charge is 0.334 e. The molecule has 1 atom stereocenters. The summed E-state index contributed by atoms with van der Waals surface area (Å²) >= 11 is 5.57. The summed E-state index contributed by atoms with van der Waals surface area (Å²) in [4.78, 5) is 31.8. The SMILES string of the molecule is O=C(O)C1CN(C(=O)c2cnc(Cl)cn2)CCO1. The molecule has 1 N–H and O–H groups in total. The number of hydrogen-bond donors (Lipinski definition) is 1. The molecule has 1 amide bonds. The van der Waals surface area contributed by atoms with Gasteiger partial charge in [0.2, 0.25) is 0 Å². The van der Waals surface area contributed by atoms with Crippen molar-refractivity contribution in [2.24, 2.45) is 0 Å². The second kappa shape index (κ2) is 5.28. The van der Waals surface area contributed by atoms with E-state index in [0.717, 1.165) is 0 Å². The Morgan fingerprint density at radius 2 is 2.22 bits per heavy atom. The normalized spacial score (nSPS) is 19.6. The summed E-state index contributed by atoms with van der Waals surface area (Å²) in [5, 5.41) is 9.03. The second-order valence-electron chi connectivity index (χ2n) is 3.67. The maximum Gasteiger partial charge on any atom is 0.334 e. The van der Waals surface area contributed by atoms with Crippen LogP contribution in [0.25, 0.3) is 0 Å². The zero-order chi connectivity index (χ0) is 13.1. The van der Waals surface area contributed by atoms with E-state index < -0.39 is 12.1 Å². The Kier molecular flexibility index (Phi) is 3.73. The number of carboxylic acid groups (broad SMARTS) is 1. The molecule has 0 bridgehead atoms. The fourth-order valence-electron chi connectivity index (χ4n) is 1.57. The Labute approximate surface area is 107 Å². The summed E-state index contributed by atoms with van der Waals surface area (Å²) in [6.45, 7) is 0.509. The number of ether oxygens (including phenoxy) is 1. The van der Waals surface area contributed by atoms with E-state index in [4.69, 9.17) is 21.4 Å². The average Bonchev–Trinajstić information content (AvgIpc) is 2.39. The van der Waals surface area contributed by atoms with Crippen molar-refractivity contribution in [1.29, 1.82) is 0 Å². The van der Waals surface area contributed by atoms with Crippen LogP contribution < -0.4 is 0 Å². The zero-order valence-electron chi connectivity index (χ0n) is 9.24. The molecule has 0 spiro atoms. The minimum Gasteiger partial charge on any atom is -0.479 e. The molecular formula is C10H10ClN3O4. The van der Waals surface area contributed by atoms with Crippen molar-refractivity contribution in [1.82, 2.24) is 14.9 Å². The van der Waals surface area contributed by atoms with Crippen LogP contribution in [0.15, 0.2) is 12.4 Å². The van der Waals surface area contributed by atoms with Crippen LogP contribution in [0.5, 0.6) is 0 Å². The lowest BCUT2D eigenvalue weighted by atomic mass is 10.2. The van der Waals surface area contributed by atoms with Gasteiger partial charge in [-0.15, -0.1) is 0 Å².